The van der Waals surface area contributed by atoms with Crippen molar-refractivity contribution in [3.8, 4) is 0 Å². The number of piperazine rings is 1. The molecule has 0 spiro atoms. The Morgan fingerprint density at radius 3 is 2.56 bits per heavy atom. The molecular weight excluding hydrogens is 224 g/mol. The predicted molar refractivity (Wildman–Crippen MR) is 78.0 cm³/mol. The molecule has 0 saturated carbocycles. The molecule has 1 heterocycles. The standard InChI is InChI=1S/C15H32N2O/c1-7-8-13-9-16-14(15(3,4)5)11-17(13)10-12(2)18-6/h12-14,16H,7-11H2,1-6H3. The molecule has 1 aliphatic heterocycles. The highest BCUT2D eigenvalue weighted by Gasteiger charge is 2.33. The van der Waals surface area contributed by atoms with Crippen molar-refractivity contribution >= 4 is 0 Å². The highest BCUT2D eigenvalue weighted by molar-refractivity contribution is 4.92. The Labute approximate surface area is 113 Å². The van der Waals surface area contributed by atoms with E-state index in [1.165, 1.54) is 12.8 Å². The summed E-state index contributed by atoms with van der Waals surface area (Å²) >= 11 is 0. The Bertz CT molecular complexity index is 237. The van der Waals surface area contributed by atoms with E-state index in [1.54, 1.807) is 0 Å². The molecule has 1 fully saturated rings. The summed E-state index contributed by atoms with van der Waals surface area (Å²) in [5, 5.41) is 3.73. The lowest BCUT2D eigenvalue weighted by Crippen LogP contribution is -2.61. The van der Waals surface area contributed by atoms with Crippen LogP contribution in [0.5, 0.6) is 0 Å². The lowest BCUT2D eigenvalue weighted by atomic mass is 9.84. The maximum atomic E-state index is 5.44. The van der Waals surface area contributed by atoms with Gasteiger partial charge in [0, 0.05) is 38.8 Å². The summed E-state index contributed by atoms with van der Waals surface area (Å²) in [4.78, 5) is 2.63. The summed E-state index contributed by atoms with van der Waals surface area (Å²) < 4.78 is 5.44. The van der Waals surface area contributed by atoms with Crippen LogP contribution in [-0.4, -0.2) is 49.8 Å². The molecule has 3 heteroatoms. The van der Waals surface area contributed by atoms with Crippen molar-refractivity contribution in [1.29, 1.82) is 0 Å². The van der Waals surface area contributed by atoms with Crippen molar-refractivity contribution in [3.05, 3.63) is 0 Å². The van der Waals surface area contributed by atoms with E-state index in [2.05, 4.69) is 44.8 Å². The molecule has 3 unspecified atom stereocenters. The molecule has 1 rings (SSSR count). The van der Waals surface area contributed by atoms with Gasteiger partial charge in [-0.1, -0.05) is 34.1 Å². The van der Waals surface area contributed by atoms with Crippen molar-refractivity contribution in [1.82, 2.24) is 10.2 Å². The number of hydrogen-bond donors (Lipinski definition) is 1. The molecule has 1 N–H and O–H groups in total. The fraction of sp³-hybridized carbons (Fsp3) is 1.00. The number of nitrogens with one attached hydrogen (secondary N) is 1. The summed E-state index contributed by atoms with van der Waals surface area (Å²) in [6.45, 7) is 14.7. The molecule has 0 aromatic heterocycles. The van der Waals surface area contributed by atoms with Crippen LogP contribution in [0.3, 0.4) is 0 Å². The van der Waals surface area contributed by atoms with Crippen LogP contribution in [0.4, 0.5) is 0 Å². The second-order valence-electron chi connectivity index (χ2n) is 6.77. The molecule has 0 aromatic carbocycles. The van der Waals surface area contributed by atoms with E-state index in [0.29, 0.717) is 23.6 Å². The van der Waals surface area contributed by atoms with E-state index in [4.69, 9.17) is 4.74 Å². The first-order valence-electron chi connectivity index (χ1n) is 7.38. The Balaban J connectivity index is 2.64. The first-order chi connectivity index (χ1) is 8.38. The second-order valence-corrected chi connectivity index (χ2v) is 6.77. The molecule has 0 aliphatic carbocycles. The maximum absolute atomic E-state index is 5.44. The molecule has 3 nitrogen and oxygen atoms in total. The van der Waals surface area contributed by atoms with Crippen LogP contribution in [0, 0.1) is 5.41 Å². The minimum absolute atomic E-state index is 0.322. The number of nitrogens with zero attached hydrogens (tertiary/aromatic N) is 1. The van der Waals surface area contributed by atoms with Crippen LogP contribution < -0.4 is 5.32 Å². The highest BCUT2D eigenvalue weighted by atomic mass is 16.5. The fourth-order valence-electron chi connectivity index (χ4n) is 2.68. The molecule has 18 heavy (non-hydrogen) atoms. The Kier molecular flexibility index (Phi) is 6.09. The Hall–Kier alpha value is -0.120. The normalized spacial score (nSPS) is 28.3. The van der Waals surface area contributed by atoms with Crippen LogP contribution in [0.2, 0.25) is 0 Å². The Morgan fingerprint density at radius 2 is 2.06 bits per heavy atom. The molecule has 0 bridgehead atoms. The van der Waals surface area contributed by atoms with Crippen molar-refractivity contribution in [2.45, 2.75) is 65.6 Å². The second kappa shape index (κ2) is 6.88. The van der Waals surface area contributed by atoms with Crippen molar-refractivity contribution in [3.63, 3.8) is 0 Å². The third kappa shape index (κ3) is 4.52. The Morgan fingerprint density at radius 1 is 1.39 bits per heavy atom. The number of hydrogen-bond acceptors (Lipinski definition) is 3. The van der Waals surface area contributed by atoms with E-state index in [0.717, 1.165) is 19.6 Å². The summed E-state index contributed by atoms with van der Waals surface area (Å²) in [6.07, 6.45) is 2.85. The van der Waals surface area contributed by atoms with Gasteiger partial charge in [-0.05, 0) is 18.8 Å². The predicted octanol–water partition coefficient (Wildman–Crippen LogP) is 2.51. The lowest BCUT2D eigenvalue weighted by molar-refractivity contribution is 0.0236. The van der Waals surface area contributed by atoms with Gasteiger partial charge in [0.2, 0.25) is 0 Å². The zero-order valence-electron chi connectivity index (χ0n) is 13.1. The summed E-state index contributed by atoms with van der Waals surface area (Å²) in [5.41, 5.74) is 0.325. The fourth-order valence-corrected chi connectivity index (χ4v) is 2.68. The molecule has 0 radical (unpaired) electrons. The molecule has 3 atom stereocenters. The minimum atomic E-state index is 0.322. The molecule has 108 valence electrons. The summed E-state index contributed by atoms with van der Waals surface area (Å²) in [7, 11) is 1.81. The maximum Gasteiger partial charge on any atom is 0.0670 e. The van der Waals surface area contributed by atoms with E-state index >= 15 is 0 Å². The van der Waals surface area contributed by atoms with Gasteiger partial charge in [-0.3, -0.25) is 4.90 Å². The zero-order valence-corrected chi connectivity index (χ0v) is 13.1. The lowest BCUT2D eigenvalue weighted by Gasteiger charge is -2.45. The van der Waals surface area contributed by atoms with Crippen molar-refractivity contribution in [2.75, 3.05) is 26.7 Å². The average molecular weight is 256 g/mol. The molecular formula is C15H32N2O. The first-order valence-corrected chi connectivity index (χ1v) is 7.38. The van der Waals surface area contributed by atoms with Crippen molar-refractivity contribution < 1.29 is 4.74 Å². The van der Waals surface area contributed by atoms with Gasteiger partial charge in [0.05, 0.1) is 6.10 Å². The van der Waals surface area contributed by atoms with E-state index in [-0.39, 0.29) is 0 Å². The van der Waals surface area contributed by atoms with Crippen LogP contribution >= 0.6 is 0 Å². The first kappa shape index (κ1) is 15.9. The topological polar surface area (TPSA) is 24.5 Å². The van der Waals surface area contributed by atoms with E-state index in [1.807, 2.05) is 7.11 Å². The van der Waals surface area contributed by atoms with Gasteiger partial charge in [-0.15, -0.1) is 0 Å². The number of rotatable bonds is 5. The van der Waals surface area contributed by atoms with Crippen LogP contribution in [0.15, 0.2) is 0 Å². The van der Waals surface area contributed by atoms with E-state index in [9.17, 15) is 0 Å². The summed E-state index contributed by atoms with van der Waals surface area (Å²) in [6, 6.07) is 1.25. The van der Waals surface area contributed by atoms with Crippen LogP contribution in [-0.2, 0) is 4.74 Å². The van der Waals surface area contributed by atoms with Crippen LogP contribution in [0.25, 0.3) is 0 Å². The van der Waals surface area contributed by atoms with Gasteiger partial charge in [0.15, 0.2) is 0 Å². The number of methoxy groups -OCH3 is 1. The van der Waals surface area contributed by atoms with Gasteiger partial charge in [-0.25, -0.2) is 0 Å². The minimum Gasteiger partial charge on any atom is -0.380 e. The zero-order chi connectivity index (χ0) is 13.8. The van der Waals surface area contributed by atoms with Gasteiger partial charge in [0.1, 0.15) is 0 Å². The summed E-state index contributed by atoms with van der Waals surface area (Å²) in [5.74, 6) is 0. The van der Waals surface area contributed by atoms with Gasteiger partial charge in [0.25, 0.3) is 0 Å². The quantitative estimate of drug-likeness (QED) is 0.818. The molecule has 0 aromatic rings. The van der Waals surface area contributed by atoms with Gasteiger partial charge >= 0.3 is 0 Å². The van der Waals surface area contributed by atoms with Gasteiger partial charge < -0.3 is 10.1 Å². The molecule has 0 amide bonds. The van der Waals surface area contributed by atoms with E-state index < -0.39 is 0 Å². The third-order valence-electron chi connectivity index (χ3n) is 4.09. The average Bonchev–Trinajstić information content (AvgIpc) is 2.30. The molecule has 1 aliphatic rings. The molecule has 1 saturated heterocycles. The van der Waals surface area contributed by atoms with Gasteiger partial charge in [-0.2, -0.15) is 0 Å². The number of ether oxygens (including phenoxy) is 1. The smallest absolute Gasteiger partial charge is 0.0670 e. The SMILES string of the molecule is CCCC1CNC(C(C)(C)C)CN1CC(C)OC. The highest BCUT2D eigenvalue weighted by Crippen LogP contribution is 2.24. The third-order valence-corrected chi connectivity index (χ3v) is 4.09. The van der Waals surface area contributed by atoms with Crippen molar-refractivity contribution in [2.24, 2.45) is 5.41 Å². The monoisotopic (exact) mass is 256 g/mol. The largest absolute Gasteiger partial charge is 0.380 e. The van der Waals surface area contributed by atoms with Crippen LogP contribution in [0.1, 0.15) is 47.5 Å².